The number of amides is 1. The summed E-state index contributed by atoms with van der Waals surface area (Å²) in [7, 11) is 0. The molecule has 0 aliphatic carbocycles. The monoisotopic (exact) mass is 327 g/mol. The minimum atomic E-state index is -0.178. The van der Waals surface area contributed by atoms with Gasteiger partial charge in [0, 0.05) is 11.8 Å². The van der Waals surface area contributed by atoms with E-state index in [2.05, 4.69) is 15.5 Å². The number of nitrogens with zero attached hydrogens (tertiary/aromatic N) is 2. The molecule has 3 rings (SSSR count). The number of hydrogen-bond donors (Lipinski definition) is 1. The molecule has 0 heterocycles. The van der Waals surface area contributed by atoms with Crippen LogP contribution in [0.2, 0.25) is 0 Å². The fraction of sp³-hybridized carbons (Fsp3) is 0. The Hall–Kier alpha value is -3.53. The van der Waals surface area contributed by atoms with Crippen LogP contribution in [-0.2, 0) is 4.79 Å². The average molecular weight is 327 g/mol. The van der Waals surface area contributed by atoms with Crippen molar-refractivity contribution in [3.05, 3.63) is 96.6 Å². The van der Waals surface area contributed by atoms with Gasteiger partial charge in [0.15, 0.2) is 0 Å². The molecular formula is C21H17N3O. The van der Waals surface area contributed by atoms with Crippen molar-refractivity contribution in [1.82, 2.24) is 0 Å². The number of carbonyl (C=O) groups excluding carboxylic acids is 1. The molecule has 4 heteroatoms. The van der Waals surface area contributed by atoms with Crippen molar-refractivity contribution in [2.24, 2.45) is 10.2 Å². The Kier molecular flexibility index (Phi) is 5.46. The molecule has 1 N–H and O–H groups in total. The number of carbonyl (C=O) groups is 1. The van der Waals surface area contributed by atoms with Crippen molar-refractivity contribution in [3.8, 4) is 0 Å². The van der Waals surface area contributed by atoms with Gasteiger partial charge in [0.1, 0.15) is 0 Å². The van der Waals surface area contributed by atoms with Crippen molar-refractivity contribution in [1.29, 1.82) is 0 Å². The minimum absolute atomic E-state index is 0.178. The van der Waals surface area contributed by atoms with E-state index in [0.29, 0.717) is 5.69 Å². The summed E-state index contributed by atoms with van der Waals surface area (Å²) in [6, 6.07) is 26.4. The van der Waals surface area contributed by atoms with Crippen LogP contribution in [0, 0.1) is 0 Å². The van der Waals surface area contributed by atoms with E-state index < -0.39 is 0 Å². The van der Waals surface area contributed by atoms with E-state index in [4.69, 9.17) is 0 Å². The molecule has 0 saturated heterocycles. The van der Waals surface area contributed by atoms with Gasteiger partial charge in [-0.2, -0.15) is 10.2 Å². The lowest BCUT2D eigenvalue weighted by atomic mass is 10.2. The number of anilines is 1. The lowest BCUT2D eigenvalue weighted by Crippen LogP contribution is -2.07. The van der Waals surface area contributed by atoms with E-state index in [0.717, 1.165) is 16.9 Å². The number of rotatable bonds is 5. The normalized spacial score (nSPS) is 11.0. The molecule has 25 heavy (non-hydrogen) atoms. The highest BCUT2D eigenvalue weighted by Crippen LogP contribution is 2.20. The third kappa shape index (κ3) is 5.25. The van der Waals surface area contributed by atoms with Crippen LogP contribution < -0.4 is 5.32 Å². The quantitative estimate of drug-likeness (QED) is 0.470. The van der Waals surface area contributed by atoms with Crippen molar-refractivity contribution < 1.29 is 4.79 Å². The van der Waals surface area contributed by atoms with Crippen molar-refractivity contribution in [3.63, 3.8) is 0 Å². The molecule has 0 aliphatic rings. The van der Waals surface area contributed by atoms with Gasteiger partial charge in [0.05, 0.1) is 11.4 Å². The Morgan fingerprint density at radius 1 is 0.720 bits per heavy atom. The molecule has 3 aromatic carbocycles. The number of azo groups is 1. The van der Waals surface area contributed by atoms with Crippen molar-refractivity contribution in [2.75, 3.05) is 5.32 Å². The van der Waals surface area contributed by atoms with E-state index in [1.54, 1.807) is 18.2 Å². The first-order valence-corrected chi connectivity index (χ1v) is 7.90. The lowest BCUT2D eigenvalue weighted by molar-refractivity contribution is -0.111. The van der Waals surface area contributed by atoms with Crippen LogP contribution in [0.5, 0.6) is 0 Å². The summed E-state index contributed by atoms with van der Waals surface area (Å²) in [5.41, 5.74) is 3.21. The van der Waals surface area contributed by atoms with Crippen molar-refractivity contribution >= 4 is 29.0 Å². The van der Waals surface area contributed by atoms with Crippen LogP contribution in [0.25, 0.3) is 6.08 Å². The minimum Gasteiger partial charge on any atom is -0.323 e. The molecule has 0 saturated carbocycles. The first-order chi connectivity index (χ1) is 12.3. The number of hydrogen-bond acceptors (Lipinski definition) is 3. The highest BCUT2D eigenvalue weighted by molar-refractivity contribution is 6.01. The van der Waals surface area contributed by atoms with E-state index in [1.807, 2.05) is 72.8 Å². The summed E-state index contributed by atoms with van der Waals surface area (Å²) in [5, 5.41) is 11.1. The molecular weight excluding hydrogens is 310 g/mol. The second kappa shape index (κ2) is 8.36. The van der Waals surface area contributed by atoms with Gasteiger partial charge in [-0.25, -0.2) is 0 Å². The first kappa shape index (κ1) is 16.3. The predicted octanol–water partition coefficient (Wildman–Crippen LogP) is 5.75. The summed E-state index contributed by atoms with van der Waals surface area (Å²) in [5.74, 6) is -0.178. The Morgan fingerprint density at radius 3 is 1.92 bits per heavy atom. The maximum atomic E-state index is 11.9. The molecule has 3 aromatic rings. The Morgan fingerprint density at radius 2 is 1.28 bits per heavy atom. The van der Waals surface area contributed by atoms with E-state index in [9.17, 15) is 4.79 Å². The van der Waals surface area contributed by atoms with Crippen LogP contribution in [0.3, 0.4) is 0 Å². The van der Waals surface area contributed by atoms with Gasteiger partial charge < -0.3 is 5.32 Å². The second-order valence-electron chi connectivity index (χ2n) is 5.32. The van der Waals surface area contributed by atoms with E-state index in [-0.39, 0.29) is 5.91 Å². The maximum Gasteiger partial charge on any atom is 0.248 e. The molecule has 0 radical (unpaired) electrons. The highest BCUT2D eigenvalue weighted by atomic mass is 16.1. The third-order valence-corrected chi connectivity index (χ3v) is 3.40. The Balaban J connectivity index is 1.58. The summed E-state index contributed by atoms with van der Waals surface area (Å²) in [6.07, 6.45) is 3.29. The topological polar surface area (TPSA) is 53.8 Å². The van der Waals surface area contributed by atoms with E-state index >= 15 is 0 Å². The zero-order valence-electron chi connectivity index (χ0n) is 13.5. The van der Waals surface area contributed by atoms with Crippen LogP contribution in [0.1, 0.15) is 5.56 Å². The van der Waals surface area contributed by atoms with Gasteiger partial charge in [-0.15, -0.1) is 0 Å². The van der Waals surface area contributed by atoms with Gasteiger partial charge in [-0.1, -0.05) is 48.5 Å². The average Bonchev–Trinajstić information content (AvgIpc) is 2.67. The first-order valence-electron chi connectivity index (χ1n) is 7.90. The maximum absolute atomic E-state index is 11.9. The zero-order valence-corrected chi connectivity index (χ0v) is 13.5. The van der Waals surface area contributed by atoms with Crippen LogP contribution >= 0.6 is 0 Å². The largest absolute Gasteiger partial charge is 0.323 e. The zero-order chi connectivity index (χ0) is 17.3. The summed E-state index contributed by atoms with van der Waals surface area (Å²) in [4.78, 5) is 11.9. The molecule has 4 nitrogen and oxygen atoms in total. The van der Waals surface area contributed by atoms with Crippen molar-refractivity contribution in [2.45, 2.75) is 0 Å². The smallest absolute Gasteiger partial charge is 0.248 e. The molecule has 0 aliphatic heterocycles. The standard InChI is InChI=1S/C21H17N3O/c25-21(16-11-17-7-3-1-4-8-17)22-18-12-14-20(15-13-18)24-23-19-9-5-2-6-10-19/h1-16H,(H,22,25)/b16-11-,24-23?. The van der Waals surface area contributed by atoms with Gasteiger partial charge in [-0.05, 0) is 48.0 Å². The molecule has 122 valence electrons. The second-order valence-corrected chi connectivity index (χ2v) is 5.32. The van der Waals surface area contributed by atoms with Crippen LogP contribution in [0.15, 0.2) is 101 Å². The molecule has 0 aromatic heterocycles. The van der Waals surface area contributed by atoms with E-state index in [1.165, 1.54) is 6.08 Å². The van der Waals surface area contributed by atoms with Gasteiger partial charge in [0.25, 0.3) is 0 Å². The molecule has 1 amide bonds. The summed E-state index contributed by atoms with van der Waals surface area (Å²) in [6.45, 7) is 0. The summed E-state index contributed by atoms with van der Waals surface area (Å²) < 4.78 is 0. The lowest BCUT2D eigenvalue weighted by Gasteiger charge is -2.02. The number of benzene rings is 3. The third-order valence-electron chi connectivity index (χ3n) is 3.40. The molecule has 0 spiro atoms. The molecule has 0 bridgehead atoms. The molecule has 0 fully saturated rings. The molecule has 0 unspecified atom stereocenters. The van der Waals surface area contributed by atoms with Gasteiger partial charge in [0.2, 0.25) is 5.91 Å². The van der Waals surface area contributed by atoms with Gasteiger partial charge in [-0.3, -0.25) is 4.79 Å². The van der Waals surface area contributed by atoms with Crippen LogP contribution in [0.4, 0.5) is 17.1 Å². The summed E-state index contributed by atoms with van der Waals surface area (Å²) >= 11 is 0. The fourth-order valence-electron chi connectivity index (χ4n) is 2.14. The molecule has 0 atom stereocenters. The van der Waals surface area contributed by atoms with Crippen LogP contribution in [-0.4, -0.2) is 5.91 Å². The van der Waals surface area contributed by atoms with Gasteiger partial charge >= 0.3 is 0 Å². The SMILES string of the molecule is O=C(/C=C\c1ccccc1)Nc1ccc(N=Nc2ccccc2)cc1. The number of nitrogens with one attached hydrogen (secondary N) is 1. The fourth-order valence-corrected chi connectivity index (χ4v) is 2.14. The Bertz CT molecular complexity index is 870. The highest BCUT2D eigenvalue weighted by Gasteiger charge is 1.98. The Labute approximate surface area is 146 Å². The predicted molar refractivity (Wildman–Crippen MR) is 101 cm³/mol.